The third-order valence-electron chi connectivity index (χ3n) is 3.35. The van der Waals surface area contributed by atoms with Crippen molar-refractivity contribution in [2.75, 3.05) is 11.4 Å². The van der Waals surface area contributed by atoms with Crippen LogP contribution in [0.25, 0.3) is 0 Å². The molecule has 0 spiro atoms. The number of anilines is 1. The van der Waals surface area contributed by atoms with Crippen molar-refractivity contribution < 1.29 is 9.59 Å². The normalized spacial score (nSPS) is 11.0. The number of benzene rings is 2. The predicted molar refractivity (Wildman–Crippen MR) is 89.0 cm³/mol. The molecule has 0 atom stereocenters. The Kier molecular flexibility index (Phi) is 4.76. The minimum atomic E-state index is -0.549. The van der Waals surface area contributed by atoms with Crippen LogP contribution >= 0.6 is 0 Å². The number of rotatable bonds is 4. The van der Waals surface area contributed by atoms with Gasteiger partial charge in [0.2, 0.25) is 5.91 Å². The lowest BCUT2D eigenvalue weighted by atomic mass is 9.94. The quantitative estimate of drug-likeness (QED) is 0.801. The molecule has 2 rings (SSSR count). The van der Waals surface area contributed by atoms with Crippen molar-refractivity contribution in [1.29, 1.82) is 0 Å². The third-order valence-corrected chi connectivity index (χ3v) is 3.35. The standard InChI is InChI=1S/C19H21NO2/c1-19(2,3)18(22)20(16-12-8-5-9-13-16)14-17(21)15-10-6-4-7-11-15/h4-13H,14H2,1-3H3. The Hall–Kier alpha value is -2.42. The smallest absolute Gasteiger partial charge is 0.232 e. The zero-order valence-electron chi connectivity index (χ0n) is 13.2. The molecule has 0 aliphatic heterocycles. The van der Waals surface area contributed by atoms with Gasteiger partial charge >= 0.3 is 0 Å². The highest BCUT2D eigenvalue weighted by molar-refractivity contribution is 6.06. The third kappa shape index (κ3) is 3.82. The molecule has 3 nitrogen and oxygen atoms in total. The molecular weight excluding hydrogens is 274 g/mol. The van der Waals surface area contributed by atoms with Crippen molar-refractivity contribution >= 4 is 17.4 Å². The molecule has 0 N–H and O–H groups in total. The van der Waals surface area contributed by atoms with Gasteiger partial charge in [-0.2, -0.15) is 0 Å². The van der Waals surface area contributed by atoms with Crippen molar-refractivity contribution in [3.05, 3.63) is 66.2 Å². The maximum absolute atomic E-state index is 12.7. The number of amides is 1. The highest BCUT2D eigenvalue weighted by Gasteiger charge is 2.29. The fourth-order valence-electron chi connectivity index (χ4n) is 2.15. The van der Waals surface area contributed by atoms with Gasteiger partial charge in [0.25, 0.3) is 0 Å². The Morgan fingerprint density at radius 3 is 1.86 bits per heavy atom. The molecule has 0 radical (unpaired) electrons. The van der Waals surface area contributed by atoms with Gasteiger partial charge in [0.05, 0.1) is 6.54 Å². The molecule has 0 aromatic heterocycles. The Morgan fingerprint density at radius 1 is 0.864 bits per heavy atom. The van der Waals surface area contributed by atoms with Crippen LogP contribution in [0.4, 0.5) is 5.69 Å². The summed E-state index contributed by atoms with van der Waals surface area (Å²) in [6.07, 6.45) is 0. The van der Waals surface area contributed by atoms with Crippen molar-refractivity contribution in [3.8, 4) is 0 Å². The number of nitrogens with zero attached hydrogens (tertiary/aromatic N) is 1. The van der Waals surface area contributed by atoms with Crippen LogP contribution in [0, 0.1) is 5.41 Å². The molecular formula is C19H21NO2. The number of Topliss-reactive ketones (excluding diaryl/α,β-unsaturated/α-hetero) is 1. The van der Waals surface area contributed by atoms with Gasteiger partial charge < -0.3 is 4.90 Å². The van der Waals surface area contributed by atoms with Gasteiger partial charge in [-0.1, -0.05) is 69.3 Å². The summed E-state index contributed by atoms with van der Waals surface area (Å²) >= 11 is 0. The van der Waals surface area contributed by atoms with Gasteiger partial charge in [-0.25, -0.2) is 0 Å². The molecule has 0 heterocycles. The number of hydrogen-bond donors (Lipinski definition) is 0. The Bertz CT molecular complexity index is 642. The van der Waals surface area contributed by atoms with E-state index in [-0.39, 0.29) is 18.2 Å². The van der Waals surface area contributed by atoms with Crippen LogP contribution in [-0.2, 0) is 4.79 Å². The molecule has 0 fully saturated rings. The van der Waals surface area contributed by atoms with E-state index in [4.69, 9.17) is 0 Å². The average molecular weight is 295 g/mol. The van der Waals surface area contributed by atoms with E-state index in [1.165, 1.54) is 0 Å². The van der Waals surface area contributed by atoms with Crippen LogP contribution in [0.1, 0.15) is 31.1 Å². The summed E-state index contributed by atoms with van der Waals surface area (Å²) in [6, 6.07) is 18.4. The summed E-state index contributed by atoms with van der Waals surface area (Å²) in [6.45, 7) is 5.62. The minimum Gasteiger partial charge on any atom is -0.304 e. The Morgan fingerprint density at radius 2 is 1.36 bits per heavy atom. The van der Waals surface area contributed by atoms with E-state index in [0.717, 1.165) is 5.69 Å². The molecule has 114 valence electrons. The SMILES string of the molecule is CC(C)(C)C(=O)N(CC(=O)c1ccccc1)c1ccccc1. The topological polar surface area (TPSA) is 37.4 Å². The van der Waals surface area contributed by atoms with Crippen LogP contribution in [0.2, 0.25) is 0 Å². The van der Waals surface area contributed by atoms with Crippen LogP contribution in [-0.4, -0.2) is 18.2 Å². The molecule has 2 aromatic rings. The highest BCUT2D eigenvalue weighted by Crippen LogP contribution is 2.23. The van der Waals surface area contributed by atoms with Gasteiger partial charge in [0.15, 0.2) is 5.78 Å². The highest BCUT2D eigenvalue weighted by atomic mass is 16.2. The summed E-state index contributed by atoms with van der Waals surface area (Å²) in [5, 5.41) is 0. The van der Waals surface area contributed by atoms with E-state index in [1.807, 2.05) is 69.3 Å². The molecule has 0 saturated heterocycles. The van der Waals surface area contributed by atoms with Crippen LogP contribution in [0.3, 0.4) is 0 Å². The predicted octanol–water partition coefficient (Wildman–Crippen LogP) is 3.95. The van der Waals surface area contributed by atoms with E-state index < -0.39 is 5.41 Å². The van der Waals surface area contributed by atoms with Crippen molar-refractivity contribution in [1.82, 2.24) is 0 Å². The minimum absolute atomic E-state index is 0.0458. The van der Waals surface area contributed by atoms with Crippen LogP contribution in [0.15, 0.2) is 60.7 Å². The largest absolute Gasteiger partial charge is 0.304 e. The van der Waals surface area contributed by atoms with Crippen molar-refractivity contribution in [2.24, 2.45) is 5.41 Å². The summed E-state index contributed by atoms with van der Waals surface area (Å²) < 4.78 is 0. The molecule has 0 saturated carbocycles. The van der Waals surface area contributed by atoms with E-state index in [9.17, 15) is 9.59 Å². The number of para-hydroxylation sites is 1. The van der Waals surface area contributed by atoms with Gasteiger partial charge in [-0.05, 0) is 12.1 Å². The summed E-state index contributed by atoms with van der Waals surface area (Å²) in [7, 11) is 0. The first kappa shape index (κ1) is 16.0. The lowest BCUT2D eigenvalue weighted by molar-refractivity contribution is -0.125. The summed E-state index contributed by atoms with van der Waals surface area (Å²) in [5.41, 5.74) is 0.809. The van der Waals surface area contributed by atoms with E-state index in [0.29, 0.717) is 5.56 Å². The van der Waals surface area contributed by atoms with Crippen LogP contribution < -0.4 is 4.90 Å². The summed E-state index contributed by atoms with van der Waals surface area (Å²) in [4.78, 5) is 26.7. The second kappa shape index (κ2) is 6.56. The average Bonchev–Trinajstić information content (AvgIpc) is 2.52. The number of carbonyl (C=O) groups is 2. The van der Waals surface area contributed by atoms with Gasteiger partial charge in [-0.15, -0.1) is 0 Å². The first-order valence-electron chi connectivity index (χ1n) is 7.35. The number of hydrogen-bond acceptors (Lipinski definition) is 2. The van der Waals surface area contributed by atoms with Crippen molar-refractivity contribution in [3.63, 3.8) is 0 Å². The molecule has 0 bridgehead atoms. The fourth-order valence-corrected chi connectivity index (χ4v) is 2.15. The lowest BCUT2D eigenvalue weighted by Gasteiger charge is -2.29. The Balaban J connectivity index is 2.30. The molecule has 0 aliphatic rings. The van der Waals surface area contributed by atoms with Gasteiger partial charge in [0.1, 0.15) is 0 Å². The lowest BCUT2D eigenvalue weighted by Crippen LogP contribution is -2.42. The van der Waals surface area contributed by atoms with Gasteiger partial charge in [-0.3, -0.25) is 9.59 Å². The zero-order chi connectivity index (χ0) is 16.2. The van der Waals surface area contributed by atoms with Gasteiger partial charge in [0, 0.05) is 16.7 Å². The number of ketones is 1. The summed E-state index contributed by atoms with van der Waals surface area (Å²) in [5.74, 6) is -0.134. The maximum Gasteiger partial charge on any atom is 0.232 e. The maximum atomic E-state index is 12.7. The molecule has 0 aliphatic carbocycles. The van der Waals surface area contributed by atoms with E-state index in [1.54, 1.807) is 17.0 Å². The number of carbonyl (C=O) groups excluding carboxylic acids is 2. The van der Waals surface area contributed by atoms with E-state index >= 15 is 0 Å². The monoisotopic (exact) mass is 295 g/mol. The first-order valence-corrected chi connectivity index (χ1v) is 7.35. The van der Waals surface area contributed by atoms with Crippen molar-refractivity contribution in [2.45, 2.75) is 20.8 Å². The van der Waals surface area contributed by atoms with Crippen LogP contribution in [0.5, 0.6) is 0 Å². The molecule has 3 heteroatoms. The molecule has 0 unspecified atom stereocenters. The second-order valence-corrected chi connectivity index (χ2v) is 6.27. The second-order valence-electron chi connectivity index (χ2n) is 6.27. The van der Waals surface area contributed by atoms with E-state index in [2.05, 4.69) is 0 Å². The first-order chi connectivity index (χ1) is 10.4. The molecule has 2 aromatic carbocycles. The molecule has 1 amide bonds. The zero-order valence-corrected chi connectivity index (χ0v) is 13.2. The Labute approximate surface area is 131 Å². The molecule has 22 heavy (non-hydrogen) atoms. The fraction of sp³-hybridized carbons (Fsp3) is 0.263.